The topological polar surface area (TPSA) is 63.2 Å². The minimum absolute atomic E-state index is 0.123. The fourth-order valence-corrected chi connectivity index (χ4v) is 4.17. The van der Waals surface area contributed by atoms with Crippen molar-refractivity contribution in [1.82, 2.24) is 5.32 Å². The Bertz CT molecular complexity index is 519. The molecule has 1 aliphatic carbocycles. The molecule has 2 rings (SSSR count). The van der Waals surface area contributed by atoms with Gasteiger partial charge in [0.2, 0.25) is 5.91 Å². The molecule has 17 heavy (non-hydrogen) atoms. The molecule has 1 N–H and O–H groups in total. The maximum atomic E-state index is 11.7. The lowest BCUT2D eigenvalue weighted by atomic mass is 10.5. The van der Waals surface area contributed by atoms with Crippen molar-refractivity contribution in [3.8, 4) is 0 Å². The Balaban J connectivity index is 1.91. The fraction of sp³-hybridized carbons (Fsp3) is 0.500. The Morgan fingerprint density at radius 3 is 2.71 bits per heavy atom. The normalized spacial score (nSPS) is 15.8. The molecule has 0 aliphatic heterocycles. The Kier molecular flexibility index (Phi) is 3.75. The van der Waals surface area contributed by atoms with Crippen LogP contribution in [0.25, 0.3) is 0 Å². The van der Waals surface area contributed by atoms with Crippen molar-refractivity contribution in [1.29, 1.82) is 0 Å². The van der Waals surface area contributed by atoms with Gasteiger partial charge < -0.3 is 5.32 Å². The second-order valence-corrected chi connectivity index (χ2v) is 7.94. The van der Waals surface area contributed by atoms with E-state index < -0.39 is 21.5 Å². The summed E-state index contributed by atoms with van der Waals surface area (Å²) in [6.07, 6.45) is 1.90. The number of thiophene rings is 1. The van der Waals surface area contributed by atoms with Crippen LogP contribution in [-0.2, 0) is 20.4 Å². The summed E-state index contributed by atoms with van der Waals surface area (Å²) in [6.45, 7) is 0. The molecule has 1 heterocycles. The largest absolute Gasteiger partial charge is 0.352 e. The van der Waals surface area contributed by atoms with Gasteiger partial charge in [0.05, 0.1) is 10.1 Å². The molecule has 0 bridgehead atoms. The Morgan fingerprint density at radius 1 is 1.47 bits per heavy atom. The standard InChI is InChI=1S/C10H12ClNO3S2/c11-9-4-3-8(16-9)5-17(14,15)6-10(13)12-7-1-2-7/h3-4,7H,1-2,5-6H2,(H,12,13). The van der Waals surface area contributed by atoms with Gasteiger partial charge in [-0.05, 0) is 25.0 Å². The molecule has 0 radical (unpaired) electrons. The third-order valence-electron chi connectivity index (χ3n) is 2.28. The van der Waals surface area contributed by atoms with E-state index in [1.807, 2.05) is 0 Å². The van der Waals surface area contributed by atoms with E-state index >= 15 is 0 Å². The third-order valence-corrected chi connectivity index (χ3v) is 5.15. The van der Waals surface area contributed by atoms with E-state index in [-0.39, 0.29) is 11.8 Å². The highest BCUT2D eigenvalue weighted by Crippen LogP contribution is 2.23. The predicted octanol–water partition coefficient (Wildman–Crippen LogP) is 1.59. The number of hydrogen-bond acceptors (Lipinski definition) is 4. The molecular weight excluding hydrogens is 282 g/mol. The quantitative estimate of drug-likeness (QED) is 0.897. The fourth-order valence-electron chi connectivity index (χ4n) is 1.39. The van der Waals surface area contributed by atoms with Crippen LogP contribution in [0.5, 0.6) is 0 Å². The van der Waals surface area contributed by atoms with Crippen LogP contribution in [0.2, 0.25) is 4.34 Å². The first kappa shape index (κ1) is 12.9. The lowest BCUT2D eigenvalue weighted by molar-refractivity contribution is -0.118. The number of halogens is 1. The van der Waals surface area contributed by atoms with Crippen molar-refractivity contribution >= 4 is 38.7 Å². The molecule has 0 aromatic carbocycles. The van der Waals surface area contributed by atoms with Crippen molar-refractivity contribution in [2.75, 3.05) is 5.75 Å². The number of amides is 1. The summed E-state index contributed by atoms with van der Waals surface area (Å²) >= 11 is 6.94. The van der Waals surface area contributed by atoms with E-state index in [2.05, 4.69) is 5.32 Å². The smallest absolute Gasteiger partial charge is 0.235 e. The first-order valence-electron chi connectivity index (χ1n) is 5.19. The molecule has 1 aromatic rings. The van der Waals surface area contributed by atoms with Crippen molar-refractivity contribution in [2.24, 2.45) is 0 Å². The van der Waals surface area contributed by atoms with E-state index in [1.54, 1.807) is 12.1 Å². The summed E-state index contributed by atoms with van der Waals surface area (Å²) in [4.78, 5) is 12.1. The van der Waals surface area contributed by atoms with Gasteiger partial charge in [0.25, 0.3) is 0 Å². The van der Waals surface area contributed by atoms with Gasteiger partial charge in [-0.2, -0.15) is 0 Å². The van der Waals surface area contributed by atoms with Crippen LogP contribution in [0.4, 0.5) is 0 Å². The van der Waals surface area contributed by atoms with Gasteiger partial charge in [0.1, 0.15) is 5.75 Å². The van der Waals surface area contributed by atoms with Crippen LogP contribution in [0.15, 0.2) is 12.1 Å². The van der Waals surface area contributed by atoms with Crippen molar-refractivity contribution in [3.63, 3.8) is 0 Å². The lowest BCUT2D eigenvalue weighted by Gasteiger charge is -2.03. The van der Waals surface area contributed by atoms with Crippen molar-refractivity contribution in [3.05, 3.63) is 21.3 Å². The molecule has 1 aromatic heterocycles. The average molecular weight is 294 g/mol. The molecule has 0 spiro atoms. The maximum Gasteiger partial charge on any atom is 0.235 e. The first-order valence-corrected chi connectivity index (χ1v) is 8.20. The molecule has 1 fully saturated rings. The minimum atomic E-state index is -3.40. The molecule has 1 saturated carbocycles. The molecule has 4 nitrogen and oxygen atoms in total. The SMILES string of the molecule is O=C(CS(=O)(=O)Cc1ccc(Cl)s1)NC1CC1. The Labute approximate surface area is 109 Å². The molecule has 94 valence electrons. The van der Waals surface area contributed by atoms with Gasteiger partial charge in [-0.1, -0.05) is 11.6 Å². The number of carbonyl (C=O) groups excluding carboxylic acids is 1. The summed E-state index contributed by atoms with van der Waals surface area (Å²) in [5.74, 6) is -0.975. The van der Waals surface area contributed by atoms with E-state index in [0.717, 1.165) is 12.8 Å². The molecule has 1 aliphatic rings. The second-order valence-electron chi connectivity index (χ2n) is 4.08. The number of nitrogens with one attached hydrogen (secondary N) is 1. The van der Waals surface area contributed by atoms with E-state index in [0.29, 0.717) is 9.21 Å². The average Bonchev–Trinajstić information content (AvgIpc) is 2.88. The summed E-state index contributed by atoms with van der Waals surface area (Å²) in [7, 11) is -3.40. The lowest BCUT2D eigenvalue weighted by Crippen LogP contribution is -2.32. The molecule has 0 unspecified atom stereocenters. The molecule has 0 saturated heterocycles. The zero-order valence-electron chi connectivity index (χ0n) is 8.98. The number of sulfone groups is 1. The van der Waals surface area contributed by atoms with Gasteiger partial charge in [-0.15, -0.1) is 11.3 Å². The Morgan fingerprint density at radius 2 is 2.18 bits per heavy atom. The van der Waals surface area contributed by atoms with Crippen LogP contribution in [0, 0.1) is 0 Å². The zero-order chi connectivity index (χ0) is 12.5. The summed E-state index contributed by atoms with van der Waals surface area (Å²) in [5.41, 5.74) is 0. The highest BCUT2D eigenvalue weighted by Gasteiger charge is 2.26. The number of hydrogen-bond donors (Lipinski definition) is 1. The van der Waals surface area contributed by atoms with Crippen LogP contribution in [-0.4, -0.2) is 26.1 Å². The predicted molar refractivity (Wildman–Crippen MR) is 68.0 cm³/mol. The van der Waals surface area contributed by atoms with Gasteiger partial charge >= 0.3 is 0 Å². The van der Waals surface area contributed by atoms with Gasteiger partial charge in [0, 0.05) is 10.9 Å². The summed E-state index contributed by atoms with van der Waals surface area (Å²) in [5, 5.41) is 2.66. The molecule has 1 amide bonds. The minimum Gasteiger partial charge on any atom is -0.352 e. The highest BCUT2D eigenvalue weighted by atomic mass is 35.5. The monoisotopic (exact) mass is 293 g/mol. The maximum absolute atomic E-state index is 11.7. The van der Waals surface area contributed by atoms with E-state index in [1.165, 1.54) is 11.3 Å². The third kappa shape index (κ3) is 4.29. The number of rotatable bonds is 5. The number of carbonyl (C=O) groups is 1. The van der Waals surface area contributed by atoms with Crippen molar-refractivity contribution in [2.45, 2.75) is 24.6 Å². The zero-order valence-corrected chi connectivity index (χ0v) is 11.4. The first-order chi connectivity index (χ1) is 7.94. The van der Waals surface area contributed by atoms with Crippen LogP contribution < -0.4 is 5.32 Å². The van der Waals surface area contributed by atoms with E-state index in [4.69, 9.17) is 11.6 Å². The van der Waals surface area contributed by atoms with Gasteiger partial charge in [-0.25, -0.2) is 8.42 Å². The summed E-state index contributed by atoms with van der Waals surface area (Å²) < 4.78 is 24.0. The highest BCUT2D eigenvalue weighted by molar-refractivity contribution is 7.91. The molecular formula is C10H12ClNO3S2. The molecule has 7 heteroatoms. The van der Waals surface area contributed by atoms with Gasteiger partial charge in [-0.3, -0.25) is 4.79 Å². The van der Waals surface area contributed by atoms with Crippen LogP contribution in [0.1, 0.15) is 17.7 Å². The molecule has 0 atom stereocenters. The summed E-state index contributed by atoms with van der Waals surface area (Å²) in [6, 6.07) is 3.51. The van der Waals surface area contributed by atoms with E-state index in [9.17, 15) is 13.2 Å². The van der Waals surface area contributed by atoms with Crippen LogP contribution >= 0.6 is 22.9 Å². The van der Waals surface area contributed by atoms with Gasteiger partial charge in [0.15, 0.2) is 9.84 Å². The van der Waals surface area contributed by atoms with Crippen molar-refractivity contribution < 1.29 is 13.2 Å². The van der Waals surface area contributed by atoms with Crippen LogP contribution in [0.3, 0.4) is 0 Å². The Hall–Kier alpha value is -0.590. The second kappa shape index (κ2) is 4.96.